The molecule has 0 atom stereocenters. The molecule has 2 heterocycles. The van der Waals surface area contributed by atoms with Gasteiger partial charge in [0.1, 0.15) is 0 Å². The van der Waals surface area contributed by atoms with Crippen LogP contribution in [0.5, 0.6) is 0 Å². The van der Waals surface area contributed by atoms with E-state index < -0.39 is 5.97 Å². The largest absolute Gasteiger partial charge is 0.451 e. The minimum atomic E-state index is -0.687. The van der Waals surface area contributed by atoms with E-state index in [1.165, 1.54) is 4.68 Å². The number of carbonyl (C=O) groups is 1. The molecule has 0 amide bonds. The first-order valence-electron chi connectivity index (χ1n) is 10.7. The summed E-state index contributed by atoms with van der Waals surface area (Å²) in [6, 6.07) is 24.0. The Labute approximate surface area is 194 Å². The summed E-state index contributed by atoms with van der Waals surface area (Å²) in [6.45, 7) is 2.01. The monoisotopic (exact) mass is 452 g/mol. The number of aromatic nitrogens is 4. The van der Waals surface area contributed by atoms with Crippen LogP contribution < -0.4 is 5.56 Å². The van der Waals surface area contributed by atoms with E-state index in [2.05, 4.69) is 15.2 Å². The first-order valence-corrected chi connectivity index (χ1v) is 10.7. The van der Waals surface area contributed by atoms with E-state index in [-0.39, 0.29) is 30.3 Å². The molecule has 5 aromatic rings. The summed E-state index contributed by atoms with van der Waals surface area (Å²) < 4.78 is 11.9. The first-order chi connectivity index (χ1) is 16.6. The van der Waals surface area contributed by atoms with Gasteiger partial charge in [-0.25, -0.2) is 9.48 Å². The smallest absolute Gasteiger partial charge is 0.359 e. The quantitative estimate of drug-likeness (QED) is 0.357. The maximum absolute atomic E-state index is 13.0. The van der Waals surface area contributed by atoms with Crippen LogP contribution in [0.1, 0.15) is 27.5 Å². The molecule has 0 spiro atoms. The Bertz CT molecular complexity index is 1520. The van der Waals surface area contributed by atoms with Gasteiger partial charge in [-0.3, -0.25) is 4.79 Å². The highest BCUT2D eigenvalue weighted by molar-refractivity contribution is 6.02. The van der Waals surface area contributed by atoms with Gasteiger partial charge < -0.3 is 9.26 Å². The summed E-state index contributed by atoms with van der Waals surface area (Å²) in [5, 5.41) is 9.10. The summed E-state index contributed by atoms with van der Waals surface area (Å²) in [4.78, 5) is 30.2. The van der Waals surface area contributed by atoms with Gasteiger partial charge in [-0.1, -0.05) is 83.5 Å². The van der Waals surface area contributed by atoms with Crippen molar-refractivity contribution in [1.82, 2.24) is 19.9 Å². The van der Waals surface area contributed by atoms with Crippen molar-refractivity contribution in [2.24, 2.45) is 0 Å². The highest BCUT2D eigenvalue weighted by Crippen LogP contribution is 2.18. The lowest BCUT2D eigenvalue weighted by Gasteiger charge is -2.10. The van der Waals surface area contributed by atoms with Gasteiger partial charge in [0.2, 0.25) is 5.82 Å². The van der Waals surface area contributed by atoms with Crippen molar-refractivity contribution in [3.8, 4) is 11.4 Å². The molecule has 168 valence electrons. The van der Waals surface area contributed by atoms with Gasteiger partial charge in [0.15, 0.2) is 12.3 Å². The molecule has 0 saturated heterocycles. The molecule has 0 radical (unpaired) electrons. The molecule has 0 saturated carbocycles. The third kappa shape index (κ3) is 4.33. The zero-order valence-corrected chi connectivity index (χ0v) is 18.3. The van der Waals surface area contributed by atoms with Crippen LogP contribution in [0.15, 0.2) is 88.2 Å². The van der Waals surface area contributed by atoms with Crippen LogP contribution in [0.25, 0.3) is 22.2 Å². The molecular weight excluding hydrogens is 432 g/mol. The molecule has 5 rings (SSSR count). The van der Waals surface area contributed by atoms with E-state index in [1.54, 1.807) is 24.3 Å². The number of hydrogen-bond donors (Lipinski definition) is 0. The van der Waals surface area contributed by atoms with Crippen molar-refractivity contribution in [3.63, 3.8) is 0 Å². The van der Waals surface area contributed by atoms with Gasteiger partial charge in [0, 0.05) is 10.9 Å². The van der Waals surface area contributed by atoms with E-state index in [9.17, 15) is 9.59 Å². The topological polar surface area (TPSA) is 100 Å². The molecule has 0 aliphatic rings. The maximum atomic E-state index is 13.0. The molecule has 0 aliphatic carbocycles. The van der Waals surface area contributed by atoms with Gasteiger partial charge in [-0.2, -0.15) is 10.1 Å². The van der Waals surface area contributed by atoms with Crippen LogP contribution >= 0.6 is 0 Å². The number of ether oxygens (including phenoxy) is 1. The number of aryl methyl sites for hydroxylation is 1. The highest BCUT2D eigenvalue weighted by atomic mass is 16.6. The molecule has 0 bridgehead atoms. The number of rotatable bonds is 6. The number of carbonyl (C=O) groups excluding carboxylic acids is 1. The fraction of sp³-hybridized carbons (Fsp3) is 0.115. The van der Waals surface area contributed by atoms with Gasteiger partial charge in [-0.15, -0.1) is 0 Å². The molecule has 0 fully saturated rings. The van der Waals surface area contributed by atoms with Gasteiger partial charge in [0.25, 0.3) is 11.4 Å². The summed E-state index contributed by atoms with van der Waals surface area (Å²) in [5.74, 6) is -0.120. The average molecular weight is 452 g/mol. The molecular formula is C26H20N4O4. The standard InChI is InChI=1S/C26H20N4O4/c1-17-11-13-19(14-12-17)24-27-22(34-29-24)16-33-26(32)23-20-9-5-6-10-21(20)25(31)30(28-23)15-18-7-3-2-4-8-18/h2-14H,15-16H2,1H3. The van der Waals surface area contributed by atoms with E-state index >= 15 is 0 Å². The van der Waals surface area contributed by atoms with Crippen LogP contribution in [-0.4, -0.2) is 25.9 Å². The van der Waals surface area contributed by atoms with E-state index in [4.69, 9.17) is 9.26 Å². The minimum Gasteiger partial charge on any atom is -0.451 e. The number of nitrogens with zero attached hydrogens (tertiary/aromatic N) is 4. The van der Waals surface area contributed by atoms with Gasteiger partial charge in [-0.05, 0) is 18.6 Å². The van der Waals surface area contributed by atoms with Crippen molar-refractivity contribution in [3.05, 3.63) is 112 Å². The molecule has 0 aliphatic heterocycles. The van der Waals surface area contributed by atoms with Crippen LogP contribution in [0.3, 0.4) is 0 Å². The van der Waals surface area contributed by atoms with Crippen LogP contribution in [-0.2, 0) is 17.9 Å². The highest BCUT2D eigenvalue weighted by Gasteiger charge is 2.19. The second-order valence-electron chi connectivity index (χ2n) is 7.80. The average Bonchev–Trinajstić information content (AvgIpc) is 3.34. The Balaban J connectivity index is 1.40. The first kappa shape index (κ1) is 21.3. The maximum Gasteiger partial charge on any atom is 0.359 e. The lowest BCUT2D eigenvalue weighted by Crippen LogP contribution is -2.27. The predicted octanol–water partition coefficient (Wildman–Crippen LogP) is 4.16. The Morgan fingerprint density at radius 3 is 2.41 bits per heavy atom. The third-order valence-electron chi connectivity index (χ3n) is 5.34. The fourth-order valence-electron chi connectivity index (χ4n) is 3.58. The molecule has 0 N–H and O–H groups in total. The zero-order chi connectivity index (χ0) is 23.5. The summed E-state index contributed by atoms with van der Waals surface area (Å²) >= 11 is 0. The van der Waals surface area contributed by atoms with Crippen LogP contribution in [0.4, 0.5) is 0 Å². The minimum absolute atomic E-state index is 0.0457. The summed E-state index contributed by atoms with van der Waals surface area (Å²) in [5.41, 5.74) is 2.57. The molecule has 8 nitrogen and oxygen atoms in total. The Morgan fingerprint density at radius 2 is 1.65 bits per heavy atom. The molecule has 0 unspecified atom stereocenters. The summed E-state index contributed by atoms with van der Waals surface area (Å²) in [7, 11) is 0. The van der Waals surface area contributed by atoms with Crippen molar-refractivity contribution in [2.75, 3.05) is 0 Å². The van der Waals surface area contributed by atoms with Gasteiger partial charge in [0.05, 0.1) is 11.9 Å². The third-order valence-corrected chi connectivity index (χ3v) is 5.34. The predicted molar refractivity (Wildman–Crippen MR) is 125 cm³/mol. The fourth-order valence-corrected chi connectivity index (χ4v) is 3.58. The Hall–Kier alpha value is -4.59. The normalized spacial score (nSPS) is 11.0. The van der Waals surface area contributed by atoms with E-state index in [1.807, 2.05) is 61.5 Å². The Morgan fingerprint density at radius 1 is 0.941 bits per heavy atom. The second kappa shape index (κ2) is 9.11. The number of benzene rings is 3. The molecule has 2 aromatic heterocycles. The zero-order valence-electron chi connectivity index (χ0n) is 18.3. The number of fused-ring (bicyclic) bond motifs is 1. The second-order valence-corrected chi connectivity index (χ2v) is 7.80. The van der Waals surface area contributed by atoms with E-state index in [0.29, 0.717) is 16.6 Å². The SMILES string of the molecule is Cc1ccc(-c2noc(COC(=O)c3nn(Cc4ccccc4)c(=O)c4ccccc34)n2)cc1. The lowest BCUT2D eigenvalue weighted by molar-refractivity contribution is 0.0422. The number of esters is 1. The number of hydrogen-bond acceptors (Lipinski definition) is 7. The molecule has 34 heavy (non-hydrogen) atoms. The van der Waals surface area contributed by atoms with Crippen molar-refractivity contribution in [2.45, 2.75) is 20.1 Å². The molecule has 3 aromatic carbocycles. The van der Waals surface area contributed by atoms with Crippen molar-refractivity contribution >= 4 is 16.7 Å². The van der Waals surface area contributed by atoms with Crippen LogP contribution in [0, 0.1) is 6.92 Å². The van der Waals surface area contributed by atoms with Crippen molar-refractivity contribution in [1.29, 1.82) is 0 Å². The Kier molecular flexibility index (Phi) is 5.70. The lowest BCUT2D eigenvalue weighted by atomic mass is 10.1. The summed E-state index contributed by atoms with van der Waals surface area (Å²) in [6.07, 6.45) is 0. The molecule has 8 heteroatoms. The van der Waals surface area contributed by atoms with Crippen molar-refractivity contribution < 1.29 is 14.1 Å². The van der Waals surface area contributed by atoms with Crippen LogP contribution in [0.2, 0.25) is 0 Å². The van der Waals surface area contributed by atoms with E-state index in [0.717, 1.165) is 16.7 Å². The van der Waals surface area contributed by atoms with Gasteiger partial charge >= 0.3 is 5.97 Å².